The summed E-state index contributed by atoms with van der Waals surface area (Å²) in [4.78, 5) is 32.1. The van der Waals surface area contributed by atoms with Crippen LogP contribution >= 0.6 is 0 Å². The number of hydrogen-bond acceptors (Lipinski definition) is 4. The average Bonchev–Trinajstić information content (AvgIpc) is 2.78. The molecule has 2 aliphatic heterocycles. The number of pyridine rings is 1. The largest absolute Gasteiger partial charge is 0.444 e. The van der Waals surface area contributed by atoms with Crippen molar-refractivity contribution in [1.29, 1.82) is 0 Å². The summed E-state index contributed by atoms with van der Waals surface area (Å²) < 4.78 is 5.35. The molecule has 1 fully saturated rings. The van der Waals surface area contributed by atoms with Gasteiger partial charge >= 0.3 is 6.09 Å². The summed E-state index contributed by atoms with van der Waals surface area (Å²) in [5.41, 5.74) is 1.67. The molecule has 1 saturated heterocycles. The molecule has 1 aromatic rings. The number of hydrogen-bond donors (Lipinski definition) is 0. The van der Waals surface area contributed by atoms with E-state index in [1.54, 1.807) is 17.3 Å². The molecule has 0 N–H and O–H groups in total. The van der Waals surface area contributed by atoms with Crippen molar-refractivity contribution in [2.45, 2.75) is 51.9 Å². The fourth-order valence-electron chi connectivity index (χ4n) is 2.77. The molecule has 0 spiro atoms. The van der Waals surface area contributed by atoms with Gasteiger partial charge < -0.3 is 9.64 Å². The molecule has 6 heteroatoms. The van der Waals surface area contributed by atoms with Crippen LogP contribution in [0.25, 0.3) is 0 Å². The first-order valence-corrected chi connectivity index (χ1v) is 7.55. The maximum atomic E-state index is 12.6. The Hall–Kier alpha value is -2.11. The smallest absolute Gasteiger partial charge is 0.410 e. The lowest BCUT2D eigenvalue weighted by molar-refractivity contribution is -0.141. The van der Waals surface area contributed by atoms with Crippen LogP contribution in [0.3, 0.4) is 0 Å². The maximum Gasteiger partial charge on any atom is 0.410 e. The van der Waals surface area contributed by atoms with Gasteiger partial charge in [-0.2, -0.15) is 0 Å². The highest BCUT2D eigenvalue weighted by molar-refractivity contribution is 5.87. The fourth-order valence-corrected chi connectivity index (χ4v) is 2.77. The van der Waals surface area contributed by atoms with E-state index in [1.165, 1.54) is 4.90 Å². The van der Waals surface area contributed by atoms with Crippen LogP contribution in [0.5, 0.6) is 0 Å². The Balaban J connectivity index is 1.63. The molecule has 0 unspecified atom stereocenters. The molecule has 3 heterocycles. The molecule has 0 aliphatic carbocycles. The third kappa shape index (κ3) is 2.77. The van der Waals surface area contributed by atoms with E-state index in [9.17, 15) is 9.59 Å². The van der Waals surface area contributed by atoms with Gasteiger partial charge in [-0.05, 0) is 44.4 Å². The lowest BCUT2D eigenvalue weighted by Crippen LogP contribution is -2.59. The van der Waals surface area contributed by atoms with Crippen molar-refractivity contribution in [3.8, 4) is 0 Å². The SMILES string of the molecule is CC(C)(C)OC(=O)N1CC[C@@H]1C(=O)N1Cc2ccncc2C1. The molecule has 2 amide bonds. The molecular weight excluding hydrogens is 282 g/mol. The molecule has 0 aromatic carbocycles. The van der Waals surface area contributed by atoms with E-state index in [0.29, 0.717) is 26.1 Å². The lowest BCUT2D eigenvalue weighted by Gasteiger charge is -2.41. The molecule has 22 heavy (non-hydrogen) atoms. The maximum absolute atomic E-state index is 12.6. The zero-order valence-electron chi connectivity index (χ0n) is 13.2. The average molecular weight is 303 g/mol. The molecular formula is C16H21N3O3. The van der Waals surface area contributed by atoms with Gasteiger partial charge in [0.25, 0.3) is 0 Å². The summed E-state index contributed by atoms with van der Waals surface area (Å²) in [6, 6.07) is 1.55. The highest BCUT2D eigenvalue weighted by Gasteiger charge is 2.42. The minimum Gasteiger partial charge on any atom is -0.444 e. The van der Waals surface area contributed by atoms with Crippen molar-refractivity contribution < 1.29 is 14.3 Å². The van der Waals surface area contributed by atoms with Gasteiger partial charge in [0, 0.05) is 32.0 Å². The van der Waals surface area contributed by atoms with E-state index in [1.807, 2.05) is 26.8 Å². The number of rotatable bonds is 1. The second-order valence-electron chi connectivity index (χ2n) is 6.82. The molecule has 0 radical (unpaired) electrons. The van der Waals surface area contributed by atoms with Gasteiger partial charge in [-0.1, -0.05) is 0 Å². The summed E-state index contributed by atoms with van der Waals surface area (Å²) in [6.45, 7) is 7.21. The van der Waals surface area contributed by atoms with Gasteiger partial charge in [0.15, 0.2) is 0 Å². The Morgan fingerprint density at radius 3 is 2.59 bits per heavy atom. The molecule has 3 rings (SSSR count). The third-order valence-corrected chi connectivity index (χ3v) is 3.97. The summed E-state index contributed by atoms with van der Waals surface area (Å²) in [7, 11) is 0. The zero-order chi connectivity index (χ0) is 15.9. The van der Waals surface area contributed by atoms with E-state index in [4.69, 9.17) is 4.74 Å². The quantitative estimate of drug-likeness (QED) is 0.795. The Kier molecular flexibility index (Phi) is 3.54. The molecule has 1 atom stereocenters. The van der Waals surface area contributed by atoms with Crippen molar-refractivity contribution in [3.05, 3.63) is 29.6 Å². The van der Waals surface area contributed by atoms with E-state index in [0.717, 1.165) is 11.1 Å². The number of nitrogens with zero attached hydrogens (tertiary/aromatic N) is 3. The van der Waals surface area contributed by atoms with Gasteiger partial charge in [-0.25, -0.2) is 4.79 Å². The highest BCUT2D eigenvalue weighted by atomic mass is 16.6. The zero-order valence-corrected chi connectivity index (χ0v) is 13.2. The predicted octanol–water partition coefficient (Wildman–Crippen LogP) is 1.93. The minimum absolute atomic E-state index is 0.00620. The van der Waals surface area contributed by atoms with Crippen LogP contribution in [-0.2, 0) is 22.6 Å². The van der Waals surface area contributed by atoms with E-state index in [2.05, 4.69) is 4.98 Å². The van der Waals surface area contributed by atoms with E-state index in [-0.39, 0.29) is 5.91 Å². The first kappa shape index (κ1) is 14.8. The number of aromatic nitrogens is 1. The second kappa shape index (κ2) is 5.26. The summed E-state index contributed by atoms with van der Waals surface area (Å²) in [5.74, 6) is -0.00620. The monoisotopic (exact) mass is 303 g/mol. The van der Waals surface area contributed by atoms with Crippen LogP contribution in [-0.4, -0.2) is 45.0 Å². The van der Waals surface area contributed by atoms with Gasteiger partial charge in [-0.3, -0.25) is 14.7 Å². The third-order valence-electron chi connectivity index (χ3n) is 3.97. The minimum atomic E-state index is -0.546. The van der Waals surface area contributed by atoms with Gasteiger partial charge in [-0.15, -0.1) is 0 Å². The standard InChI is InChI=1S/C16H21N3O3/c1-16(2,3)22-15(21)19-7-5-13(19)14(20)18-9-11-4-6-17-8-12(11)10-18/h4,6,8,13H,5,7,9-10H2,1-3H3/t13-/m1/s1. The summed E-state index contributed by atoms with van der Waals surface area (Å²) >= 11 is 0. The molecule has 0 saturated carbocycles. The topological polar surface area (TPSA) is 62.7 Å². The van der Waals surface area contributed by atoms with Crippen LogP contribution in [0.2, 0.25) is 0 Å². The predicted molar refractivity (Wildman–Crippen MR) is 79.8 cm³/mol. The normalized spacial score (nSPS) is 20.4. The van der Waals surface area contributed by atoms with Crippen LogP contribution in [0.4, 0.5) is 4.79 Å². The molecule has 2 aliphatic rings. The van der Waals surface area contributed by atoms with Crippen LogP contribution in [0, 0.1) is 0 Å². The molecule has 6 nitrogen and oxygen atoms in total. The number of carbonyl (C=O) groups excluding carboxylic acids is 2. The first-order valence-electron chi connectivity index (χ1n) is 7.55. The van der Waals surface area contributed by atoms with Gasteiger partial charge in [0.2, 0.25) is 5.91 Å². The van der Waals surface area contributed by atoms with E-state index < -0.39 is 17.7 Å². The van der Waals surface area contributed by atoms with Crippen LogP contribution in [0.1, 0.15) is 38.3 Å². The summed E-state index contributed by atoms with van der Waals surface area (Å²) in [6.07, 6.45) is 3.83. The fraction of sp³-hybridized carbons (Fsp3) is 0.562. The molecule has 0 bridgehead atoms. The second-order valence-corrected chi connectivity index (χ2v) is 6.82. The molecule has 1 aromatic heterocycles. The van der Waals surface area contributed by atoms with Crippen LogP contribution < -0.4 is 0 Å². The van der Waals surface area contributed by atoms with Crippen LogP contribution in [0.15, 0.2) is 18.5 Å². The van der Waals surface area contributed by atoms with Crippen molar-refractivity contribution in [2.75, 3.05) is 6.54 Å². The highest BCUT2D eigenvalue weighted by Crippen LogP contribution is 2.27. The number of fused-ring (bicyclic) bond motifs is 1. The van der Waals surface area contributed by atoms with Crippen molar-refractivity contribution in [1.82, 2.24) is 14.8 Å². The Bertz CT molecular complexity index is 584. The number of carbonyl (C=O) groups is 2. The van der Waals surface area contributed by atoms with Gasteiger partial charge in [0.1, 0.15) is 11.6 Å². The number of likely N-dealkylation sites (tertiary alicyclic amines) is 1. The number of ether oxygens (including phenoxy) is 1. The number of amides is 2. The Labute approximate surface area is 130 Å². The lowest BCUT2D eigenvalue weighted by atomic mass is 10.0. The summed E-state index contributed by atoms with van der Waals surface area (Å²) in [5, 5.41) is 0. The van der Waals surface area contributed by atoms with Crippen molar-refractivity contribution in [2.24, 2.45) is 0 Å². The Morgan fingerprint density at radius 1 is 1.27 bits per heavy atom. The Morgan fingerprint density at radius 2 is 2.00 bits per heavy atom. The first-order chi connectivity index (χ1) is 10.3. The van der Waals surface area contributed by atoms with E-state index >= 15 is 0 Å². The van der Waals surface area contributed by atoms with Crippen molar-refractivity contribution in [3.63, 3.8) is 0 Å². The van der Waals surface area contributed by atoms with Crippen molar-refractivity contribution >= 4 is 12.0 Å². The van der Waals surface area contributed by atoms with Gasteiger partial charge in [0.05, 0.1) is 0 Å². The molecule has 118 valence electrons.